The Kier molecular flexibility index (Phi) is 4.87. The highest BCUT2D eigenvalue weighted by atomic mass is 17.2. The van der Waals surface area contributed by atoms with Crippen molar-refractivity contribution in [2.45, 2.75) is 45.8 Å². The van der Waals surface area contributed by atoms with Gasteiger partial charge in [0.2, 0.25) is 0 Å². The van der Waals surface area contributed by atoms with Crippen molar-refractivity contribution in [1.82, 2.24) is 0 Å². The Morgan fingerprint density at radius 1 is 1.28 bits per heavy atom. The molecule has 0 aliphatic heterocycles. The van der Waals surface area contributed by atoms with Crippen molar-refractivity contribution in [2.24, 2.45) is 5.73 Å². The lowest BCUT2D eigenvalue weighted by atomic mass is 10.0. The van der Waals surface area contributed by atoms with E-state index < -0.39 is 11.6 Å². The van der Waals surface area contributed by atoms with Crippen LogP contribution in [0.2, 0.25) is 0 Å². The third-order valence-corrected chi connectivity index (χ3v) is 2.38. The van der Waals surface area contributed by atoms with Crippen LogP contribution in [0.25, 0.3) is 0 Å². The van der Waals surface area contributed by atoms with Crippen molar-refractivity contribution < 1.29 is 14.6 Å². The third-order valence-electron chi connectivity index (χ3n) is 2.38. The third kappa shape index (κ3) is 4.47. The van der Waals surface area contributed by atoms with E-state index in [1.54, 1.807) is 12.1 Å². The monoisotopic (exact) mass is 251 g/mol. The summed E-state index contributed by atoms with van der Waals surface area (Å²) in [6.45, 7) is 7.45. The topological polar surface area (TPSA) is 61.6 Å². The molecular formula is C14H21NO3. The van der Waals surface area contributed by atoms with E-state index in [1.807, 2.05) is 39.8 Å². The second-order valence-electron chi connectivity index (χ2n) is 5.20. The van der Waals surface area contributed by atoms with Gasteiger partial charge in [0.05, 0.1) is 5.56 Å². The van der Waals surface area contributed by atoms with Gasteiger partial charge in [-0.2, -0.15) is 4.89 Å². The van der Waals surface area contributed by atoms with Gasteiger partial charge in [-0.3, -0.25) is 4.89 Å². The summed E-state index contributed by atoms with van der Waals surface area (Å²) in [4.78, 5) is 21.4. The molecular weight excluding hydrogens is 230 g/mol. The summed E-state index contributed by atoms with van der Waals surface area (Å²) in [6.07, 6.45) is 0.858. The Balaban J connectivity index is 2.65. The van der Waals surface area contributed by atoms with Crippen molar-refractivity contribution in [3.05, 3.63) is 35.4 Å². The molecule has 1 aromatic carbocycles. The maximum absolute atomic E-state index is 11.7. The largest absolute Gasteiger partial charge is 0.373 e. The first-order valence-electron chi connectivity index (χ1n) is 6.09. The summed E-state index contributed by atoms with van der Waals surface area (Å²) in [7, 11) is 0. The zero-order chi connectivity index (χ0) is 13.8. The first kappa shape index (κ1) is 14.7. The second kappa shape index (κ2) is 5.98. The van der Waals surface area contributed by atoms with Crippen LogP contribution in [-0.2, 0) is 9.78 Å². The van der Waals surface area contributed by atoms with Gasteiger partial charge in [-0.1, -0.05) is 19.1 Å². The smallest absolute Gasteiger partial charge is 0.324 e. The Bertz CT molecular complexity index is 392. The van der Waals surface area contributed by atoms with E-state index in [0.717, 1.165) is 12.0 Å². The summed E-state index contributed by atoms with van der Waals surface area (Å²) in [5.74, 6) is -0.499. The average molecular weight is 251 g/mol. The molecule has 0 radical (unpaired) electrons. The molecule has 2 N–H and O–H groups in total. The van der Waals surface area contributed by atoms with Gasteiger partial charge < -0.3 is 5.73 Å². The highest BCUT2D eigenvalue weighted by molar-refractivity contribution is 5.88. The number of benzene rings is 1. The summed E-state index contributed by atoms with van der Waals surface area (Å²) in [5.41, 5.74) is 6.84. The van der Waals surface area contributed by atoms with Crippen molar-refractivity contribution in [3.8, 4) is 0 Å². The molecule has 0 bridgehead atoms. The first-order chi connectivity index (χ1) is 8.33. The van der Waals surface area contributed by atoms with Crippen LogP contribution in [-0.4, -0.2) is 11.6 Å². The number of hydrogen-bond donors (Lipinski definition) is 1. The molecule has 4 heteroatoms. The Morgan fingerprint density at radius 3 is 2.28 bits per heavy atom. The molecule has 18 heavy (non-hydrogen) atoms. The van der Waals surface area contributed by atoms with E-state index in [1.165, 1.54) is 0 Å². The summed E-state index contributed by atoms with van der Waals surface area (Å²) >= 11 is 0. The molecule has 0 saturated heterocycles. The van der Waals surface area contributed by atoms with Gasteiger partial charge in [0, 0.05) is 6.04 Å². The van der Waals surface area contributed by atoms with Crippen LogP contribution in [0, 0.1) is 0 Å². The van der Waals surface area contributed by atoms with E-state index in [0.29, 0.717) is 5.56 Å². The van der Waals surface area contributed by atoms with Gasteiger partial charge in [-0.15, -0.1) is 0 Å². The Hall–Kier alpha value is -1.39. The molecule has 0 spiro atoms. The fourth-order valence-electron chi connectivity index (χ4n) is 1.31. The fourth-order valence-corrected chi connectivity index (χ4v) is 1.31. The van der Waals surface area contributed by atoms with Crippen molar-refractivity contribution in [3.63, 3.8) is 0 Å². The lowest BCUT2D eigenvalue weighted by molar-refractivity contribution is -0.301. The SMILES string of the molecule is CCC(N)c1ccc(C(=O)OOC(C)(C)C)cc1. The summed E-state index contributed by atoms with van der Waals surface area (Å²) in [5, 5.41) is 0. The molecule has 0 heterocycles. The molecule has 0 fully saturated rings. The normalized spacial score (nSPS) is 13.2. The van der Waals surface area contributed by atoms with E-state index in [-0.39, 0.29) is 6.04 Å². The van der Waals surface area contributed by atoms with Crippen molar-refractivity contribution >= 4 is 5.97 Å². The molecule has 0 aliphatic rings. The lowest BCUT2D eigenvalue weighted by Gasteiger charge is -2.16. The highest BCUT2D eigenvalue weighted by Gasteiger charge is 2.16. The first-order valence-corrected chi connectivity index (χ1v) is 6.09. The van der Waals surface area contributed by atoms with E-state index in [2.05, 4.69) is 0 Å². The molecule has 1 rings (SSSR count). The zero-order valence-corrected chi connectivity index (χ0v) is 11.4. The molecule has 1 unspecified atom stereocenters. The van der Waals surface area contributed by atoms with E-state index in [4.69, 9.17) is 15.5 Å². The molecule has 0 aromatic heterocycles. The minimum Gasteiger partial charge on any atom is -0.324 e. The number of nitrogens with two attached hydrogens (primary N) is 1. The summed E-state index contributed by atoms with van der Waals surface area (Å²) in [6, 6.07) is 7.06. The average Bonchev–Trinajstić information content (AvgIpc) is 2.34. The molecule has 100 valence electrons. The van der Waals surface area contributed by atoms with Crippen LogP contribution >= 0.6 is 0 Å². The second-order valence-corrected chi connectivity index (χ2v) is 5.20. The van der Waals surface area contributed by atoms with Crippen LogP contribution in [0.3, 0.4) is 0 Å². The van der Waals surface area contributed by atoms with Crippen LogP contribution in [0.15, 0.2) is 24.3 Å². The van der Waals surface area contributed by atoms with Crippen LogP contribution in [0.4, 0.5) is 0 Å². The predicted octanol–water partition coefficient (Wildman–Crippen LogP) is 2.98. The van der Waals surface area contributed by atoms with Crippen LogP contribution < -0.4 is 5.73 Å². The van der Waals surface area contributed by atoms with Gasteiger partial charge in [-0.25, -0.2) is 4.79 Å². The van der Waals surface area contributed by atoms with Gasteiger partial charge in [0.25, 0.3) is 0 Å². The standard InChI is InChI=1S/C14H21NO3/c1-5-12(15)10-6-8-11(9-7-10)13(16)17-18-14(2,3)4/h6-9,12H,5,15H2,1-4H3. The molecule has 0 aliphatic carbocycles. The Labute approximate surface area is 108 Å². The number of carbonyl (C=O) groups excluding carboxylic acids is 1. The Morgan fingerprint density at radius 2 is 1.83 bits per heavy atom. The minimum absolute atomic E-state index is 0.000829. The van der Waals surface area contributed by atoms with Gasteiger partial charge in [-0.05, 0) is 44.9 Å². The van der Waals surface area contributed by atoms with Gasteiger partial charge in [0.1, 0.15) is 5.60 Å². The van der Waals surface area contributed by atoms with Crippen LogP contribution in [0.1, 0.15) is 56.1 Å². The van der Waals surface area contributed by atoms with Gasteiger partial charge in [0.15, 0.2) is 0 Å². The van der Waals surface area contributed by atoms with E-state index >= 15 is 0 Å². The predicted molar refractivity (Wildman–Crippen MR) is 69.9 cm³/mol. The van der Waals surface area contributed by atoms with Crippen LogP contribution in [0.5, 0.6) is 0 Å². The molecule has 0 amide bonds. The fraction of sp³-hybridized carbons (Fsp3) is 0.500. The quantitative estimate of drug-likeness (QED) is 0.660. The zero-order valence-electron chi connectivity index (χ0n) is 11.4. The van der Waals surface area contributed by atoms with E-state index in [9.17, 15) is 4.79 Å². The minimum atomic E-state index is -0.514. The molecule has 0 saturated carbocycles. The highest BCUT2D eigenvalue weighted by Crippen LogP contribution is 2.15. The number of rotatable bonds is 4. The maximum atomic E-state index is 11.7. The van der Waals surface area contributed by atoms with Crippen molar-refractivity contribution in [1.29, 1.82) is 0 Å². The number of carbonyl (C=O) groups is 1. The molecule has 4 nitrogen and oxygen atoms in total. The maximum Gasteiger partial charge on any atom is 0.373 e. The number of hydrogen-bond acceptors (Lipinski definition) is 4. The van der Waals surface area contributed by atoms with Gasteiger partial charge >= 0.3 is 5.97 Å². The van der Waals surface area contributed by atoms with Crippen molar-refractivity contribution in [2.75, 3.05) is 0 Å². The molecule has 1 atom stereocenters. The molecule has 1 aromatic rings. The lowest BCUT2D eigenvalue weighted by Crippen LogP contribution is -2.22. The summed E-state index contributed by atoms with van der Waals surface area (Å²) < 4.78 is 0.